The zero-order valence-corrected chi connectivity index (χ0v) is 20.3. The Kier molecular flexibility index (Phi) is 8.34. The summed E-state index contributed by atoms with van der Waals surface area (Å²) in [5.41, 5.74) is 2.41. The van der Waals surface area contributed by atoms with E-state index < -0.39 is 0 Å². The molecule has 9 heteroatoms. The van der Waals surface area contributed by atoms with Gasteiger partial charge in [-0.2, -0.15) is 5.10 Å². The maximum Gasteiger partial charge on any atom is 0.317 e. The van der Waals surface area contributed by atoms with E-state index >= 15 is 0 Å². The van der Waals surface area contributed by atoms with Crippen LogP contribution in [-0.4, -0.2) is 69.0 Å². The Bertz CT molecular complexity index is 1040. The first-order valence-corrected chi connectivity index (χ1v) is 11.2. The van der Waals surface area contributed by atoms with Gasteiger partial charge in [-0.1, -0.05) is 19.1 Å². The Labute approximate surface area is 200 Å². The lowest BCUT2D eigenvalue weighted by molar-refractivity contribution is -0.133. The van der Waals surface area contributed by atoms with E-state index in [1.807, 2.05) is 43.3 Å². The molecular formula is C25H32N4O5. The quantitative estimate of drug-likeness (QED) is 0.609. The van der Waals surface area contributed by atoms with Gasteiger partial charge in [0.1, 0.15) is 23.8 Å². The molecule has 0 fully saturated rings. The minimum absolute atomic E-state index is 0.0985. The average Bonchev–Trinajstić information content (AvgIpc) is 3.32. The summed E-state index contributed by atoms with van der Waals surface area (Å²) in [6.07, 6.45) is 1.31. The molecule has 3 amide bonds. The predicted octanol–water partition coefficient (Wildman–Crippen LogP) is 3.44. The van der Waals surface area contributed by atoms with Gasteiger partial charge in [0, 0.05) is 31.6 Å². The van der Waals surface area contributed by atoms with Gasteiger partial charge in [-0.05, 0) is 36.2 Å². The molecule has 0 spiro atoms. The van der Waals surface area contributed by atoms with Crippen LogP contribution in [0.1, 0.15) is 36.9 Å². The highest BCUT2D eigenvalue weighted by atomic mass is 16.5. The number of amides is 3. The fourth-order valence-corrected chi connectivity index (χ4v) is 3.74. The minimum atomic E-state index is -0.327. The molecule has 9 nitrogen and oxygen atoms in total. The molecule has 1 N–H and O–H groups in total. The fourth-order valence-electron chi connectivity index (χ4n) is 3.74. The zero-order valence-electron chi connectivity index (χ0n) is 20.3. The molecule has 2 aromatic carbocycles. The molecule has 34 heavy (non-hydrogen) atoms. The molecule has 182 valence electrons. The van der Waals surface area contributed by atoms with Gasteiger partial charge >= 0.3 is 6.03 Å². The molecule has 1 atom stereocenters. The van der Waals surface area contributed by atoms with Crippen LogP contribution in [0, 0.1) is 0 Å². The molecule has 1 aliphatic heterocycles. The van der Waals surface area contributed by atoms with Gasteiger partial charge in [0.05, 0.1) is 33.1 Å². The SMILES string of the molecule is CCCNC(=O)N(C)CC(=O)N1N=C(c2ccc(OC)cc2OC)C[C@H]1c1ccc(OC)cc1. The van der Waals surface area contributed by atoms with E-state index in [0.717, 1.165) is 23.3 Å². The lowest BCUT2D eigenvalue weighted by Gasteiger charge is -2.25. The number of nitrogens with one attached hydrogen (secondary N) is 1. The molecule has 0 radical (unpaired) electrons. The van der Waals surface area contributed by atoms with E-state index in [4.69, 9.17) is 14.2 Å². The summed E-state index contributed by atoms with van der Waals surface area (Å²) in [6, 6.07) is 12.4. The van der Waals surface area contributed by atoms with E-state index in [0.29, 0.717) is 30.2 Å². The lowest BCUT2D eigenvalue weighted by atomic mass is 9.97. The second-order valence-electron chi connectivity index (χ2n) is 7.93. The number of hydrazone groups is 1. The summed E-state index contributed by atoms with van der Waals surface area (Å²) in [5.74, 6) is 1.72. The van der Waals surface area contributed by atoms with Crippen molar-refractivity contribution in [2.24, 2.45) is 5.10 Å². The van der Waals surface area contributed by atoms with E-state index in [-0.39, 0.29) is 24.5 Å². The van der Waals surface area contributed by atoms with Crippen molar-refractivity contribution in [3.05, 3.63) is 53.6 Å². The van der Waals surface area contributed by atoms with Crippen LogP contribution in [0.25, 0.3) is 0 Å². The van der Waals surface area contributed by atoms with Gasteiger partial charge in [0.25, 0.3) is 5.91 Å². The smallest absolute Gasteiger partial charge is 0.317 e. The molecule has 0 saturated heterocycles. The van der Waals surface area contributed by atoms with Gasteiger partial charge < -0.3 is 24.4 Å². The number of hydrogen-bond acceptors (Lipinski definition) is 6. The summed E-state index contributed by atoms with van der Waals surface area (Å²) in [5, 5.41) is 8.93. The number of methoxy groups -OCH3 is 3. The lowest BCUT2D eigenvalue weighted by Crippen LogP contribution is -2.43. The number of rotatable bonds is 9. The highest BCUT2D eigenvalue weighted by Gasteiger charge is 2.34. The molecular weight excluding hydrogens is 436 g/mol. The summed E-state index contributed by atoms with van der Waals surface area (Å²) in [6.45, 7) is 2.42. The largest absolute Gasteiger partial charge is 0.497 e. The summed E-state index contributed by atoms with van der Waals surface area (Å²) < 4.78 is 16.1. The highest BCUT2D eigenvalue weighted by molar-refractivity contribution is 6.05. The van der Waals surface area contributed by atoms with E-state index in [1.54, 1.807) is 34.4 Å². The van der Waals surface area contributed by atoms with Crippen molar-refractivity contribution >= 4 is 17.6 Å². The Balaban J connectivity index is 1.91. The molecule has 0 bridgehead atoms. The number of carbonyl (C=O) groups excluding carboxylic acids is 2. The van der Waals surface area contributed by atoms with Crippen molar-refractivity contribution in [1.29, 1.82) is 0 Å². The summed E-state index contributed by atoms with van der Waals surface area (Å²) >= 11 is 0. The predicted molar refractivity (Wildman–Crippen MR) is 130 cm³/mol. The Hall–Kier alpha value is -3.75. The van der Waals surface area contributed by atoms with Crippen molar-refractivity contribution < 1.29 is 23.8 Å². The number of hydrogen-bond donors (Lipinski definition) is 1. The van der Waals surface area contributed by atoms with Gasteiger partial charge in [0.2, 0.25) is 0 Å². The van der Waals surface area contributed by atoms with Crippen molar-refractivity contribution in [1.82, 2.24) is 15.2 Å². The van der Waals surface area contributed by atoms with Crippen molar-refractivity contribution in [2.75, 3.05) is 41.5 Å². The van der Waals surface area contributed by atoms with Crippen LogP contribution in [0.2, 0.25) is 0 Å². The summed E-state index contributed by atoms with van der Waals surface area (Å²) in [7, 11) is 6.38. The fraction of sp³-hybridized carbons (Fsp3) is 0.400. The van der Waals surface area contributed by atoms with Gasteiger partial charge in [-0.25, -0.2) is 9.80 Å². The first kappa shape index (κ1) is 24.9. The third kappa shape index (κ3) is 5.59. The molecule has 0 saturated carbocycles. The number of urea groups is 1. The third-order valence-corrected chi connectivity index (χ3v) is 5.63. The first-order chi connectivity index (χ1) is 16.4. The van der Waals surface area contributed by atoms with Crippen molar-refractivity contribution in [3.8, 4) is 17.2 Å². The van der Waals surface area contributed by atoms with Crippen molar-refractivity contribution in [3.63, 3.8) is 0 Å². The molecule has 1 heterocycles. The molecule has 0 aliphatic carbocycles. The molecule has 1 aliphatic rings. The third-order valence-electron chi connectivity index (χ3n) is 5.63. The van der Waals surface area contributed by atoms with E-state index in [9.17, 15) is 9.59 Å². The number of carbonyl (C=O) groups is 2. The second kappa shape index (κ2) is 11.4. The zero-order chi connectivity index (χ0) is 24.7. The van der Waals surface area contributed by atoms with E-state index in [2.05, 4.69) is 10.4 Å². The normalized spacial score (nSPS) is 14.9. The number of ether oxygens (including phenoxy) is 3. The van der Waals surface area contributed by atoms with Crippen LogP contribution >= 0.6 is 0 Å². The van der Waals surface area contributed by atoms with E-state index in [1.165, 1.54) is 9.91 Å². The van der Waals surface area contributed by atoms with Gasteiger partial charge in [-0.3, -0.25) is 4.79 Å². The standard InChI is InChI=1S/C25H32N4O5/c1-6-13-26-25(31)28(2)16-24(30)29-22(17-7-9-18(32-3)10-8-17)15-21(27-29)20-12-11-19(33-4)14-23(20)34-5/h7-12,14,22H,6,13,15-16H2,1-5H3,(H,26,31)/t22-/m0/s1. The van der Waals surface area contributed by atoms with Crippen LogP contribution in [0.5, 0.6) is 17.2 Å². The van der Waals surface area contributed by atoms with Crippen LogP contribution in [0.4, 0.5) is 4.79 Å². The number of likely N-dealkylation sites (N-methyl/N-ethyl adjacent to an activating group) is 1. The molecule has 3 rings (SSSR count). The number of benzene rings is 2. The summed E-state index contributed by atoms with van der Waals surface area (Å²) in [4.78, 5) is 26.9. The van der Waals surface area contributed by atoms with Gasteiger partial charge in [-0.15, -0.1) is 0 Å². The maximum absolute atomic E-state index is 13.3. The van der Waals surface area contributed by atoms with Crippen LogP contribution in [0.15, 0.2) is 47.6 Å². The van der Waals surface area contributed by atoms with Crippen LogP contribution in [0.3, 0.4) is 0 Å². The molecule has 0 aromatic heterocycles. The minimum Gasteiger partial charge on any atom is -0.497 e. The molecule has 0 unspecified atom stereocenters. The van der Waals surface area contributed by atoms with Crippen LogP contribution < -0.4 is 19.5 Å². The number of nitrogens with zero attached hydrogens (tertiary/aromatic N) is 3. The monoisotopic (exact) mass is 468 g/mol. The second-order valence-corrected chi connectivity index (χ2v) is 7.93. The Morgan fingerprint density at radius 3 is 2.35 bits per heavy atom. The maximum atomic E-state index is 13.3. The first-order valence-electron chi connectivity index (χ1n) is 11.2. The highest BCUT2D eigenvalue weighted by Crippen LogP contribution is 2.36. The average molecular weight is 469 g/mol. The Morgan fingerprint density at radius 1 is 1.06 bits per heavy atom. The van der Waals surface area contributed by atoms with Gasteiger partial charge in [0.15, 0.2) is 0 Å². The van der Waals surface area contributed by atoms with Crippen LogP contribution in [-0.2, 0) is 4.79 Å². The topological polar surface area (TPSA) is 92.7 Å². The molecule has 2 aromatic rings. The Morgan fingerprint density at radius 2 is 1.74 bits per heavy atom. The van der Waals surface area contributed by atoms with Crippen molar-refractivity contribution in [2.45, 2.75) is 25.8 Å².